The van der Waals surface area contributed by atoms with Gasteiger partial charge in [0.05, 0.1) is 5.69 Å². The van der Waals surface area contributed by atoms with E-state index >= 15 is 0 Å². The molecule has 0 saturated heterocycles. The first-order chi connectivity index (χ1) is 9.25. The fourth-order valence-electron chi connectivity index (χ4n) is 1.85. The molecular weight excluding hydrogens is 257 g/mol. The average Bonchev–Trinajstić information content (AvgIpc) is 2.40. The van der Waals surface area contributed by atoms with Gasteiger partial charge in [0.1, 0.15) is 5.82 Å². The van der Waals surface area contributed by atoms with Gasteiger partial charge in [-0.15, -0.1) is 0 Å². The smallest absolute Gasteiger partial charge is 0.146 e. The van der Waals surface area contributed by atoms with Crippen molar-refractivity contribution in [2.24, 2.45) is 0 Å². The van der Waals surface area contributed by atoms with E-state index in [9.17, 15) is 4.39 Å². The number of anilines is 1. The van der Waals surface area contributed by atoms with Crippen molar-refractivity contribution < 1.29 is 4.39 Å². The van der Waals surface area contributed by atoms with Gasteiger partial charge in [-0.1, -0.05) is 42.0 Å². The van der Waals surface area contributed by atoms with Crippen molar-refractivity contribution in [1.82, 2.24) is 0 Å². The van der Waals surface area contributed by atoms with E-state index < -0.39 is 0 Å². The minimum Gasteiger partial charge on any atom is -0.382 e. The molecule has 0 aromatic heterocycles. The molecule has 3 heteroatoms. The summed E-state index contributed by atoms with van der Waals surface area (Å²) in [5.74, 6) is 1.77. The molecule has 1 nitrogen and oxygen atoms in total. The van der Waals surface area contributed by atoms with Crippen molar-refractivity contribution in [2.45, 2.75) is 12.7 Å². The van der Waals surface area contributed by atoms with E-state index in [0.717, 1.165) is 18.1 Å². The van der Waals surface area contributed by atoms with E-state index in [4.69, 9.17) is 0 Å². The van der Waals surface area contributed by atoms with Crippen molar-refractivity contribution in [3.05, 3.63) is 65.5 Å². The second-order valence-corrected chi connectivity index (χ2v) is 5.55. The molecule has 0 radical (unpaired) electrons. The Morgan fingerprint density at radius 2 is 1.95 bits per heavy atom. The number of hydrogen-bond donors (Lipinski definition) is 1. The standard InChI is InChI=1S/C16H18FNS/c1-13-5-4-6-14(11-13)12-19-10-9-18-16-8-3-2-7-15(16)17/h2-8,11,18H,9-10,12H2,1H3. The van der Waals surface area contributed by atoms with Gasteiger partial charge in [-0.25, -0.2) is 4.39 Å². The van der Waals surface area contributed by atoms with Crippen LogP contribution in [-0.2, 0) is 5.75 Å². The zero-order chi connectivity index (χ0) is 13.5. The SMILES string of the molecule is Cc1cccc(CSCCNc2ccccc2F)c1. The van der Waals surface area contributed by atoms with Crippen LogP contribution in [0.5, 0.6) is 0 Å². The Bertz CT molecular complexity index is 528. The van der Waals surface area contributed by atoms with Gasteiger partial charge in [0, 0.05) is 18.1 Å². The summed E-state index contributed by atoms with van der Waals surface area (Å²) in [6, 6.07) is 15.3. The molecule has 1 N–H and O–H groups in total. The van der Waals surface area contributed by atoms with E-state index in [2.05, 4.69) is 36.5 Å². The van der Waals surface area contributed by atoms with Crippen LogP contribution >= 0.6 is 11.8 Å². The predicted molar refractivity (Wildman–Crippen MR) is 82.2 cm³/mol. The summed E-state index contributed by atoms with van der Waals surface area (Å²) in [6.45, 7) is 2.88. The zero-order valence-corrected chi connectivity index (χ0v) is 11.8. The molecule has 0 fully saturated rings. The van der Waals surface area contributed by atoms with Gasteiger partial charge in [0.25, 0.3) is 0 Å². The van der Waals surface area contributed by atoms with Gasteiger partial charge in [-0.3, -0.25) is 0 Å². The van der Waals surface area contributed by atoms with Crippen LogP contribution in [0.4, 0.5) is 10.1 Å². The second-order valence-electron chi connectivity index (χ2n) is 4.45. The van der Waals surface area contributed by atoms with Crippen LogP contribution in [-0.4, -0.2) is 12.3 Å². The highest BCUT2D eigenvalue weighted by Crippen LogP contribution is 2.15. The Labute approximate surface area is 118 Å². The highest BCUT2D eigenvalue weighted by molar-refractivity contribution is 7.98. The third-order valence-corrected chi connectivity index (χ3v) is 3.82. The molecule has 0 amide bonds. The first-order valence-corrected chi connectivity index (χ1v) is 7.53. The second kappa shape index (κ2) is 7.19. The van der Waals surface area contributed by atoms with Gasteiger partial charge in [0.2, 0.25) is 0 Å². The highest BCUT2D eigenvalue weighted by atomic mass is 32.2. The molecule has 0 aliphatic rings. The van der Waals surface area contributed by atoms with Crippen LogP contribution in [0, 0.1) is 12.7 Å². The van der Waals surface area contributed by atoms with Crippen LogP contribution in [0.3, 0.4) is 0 Å². The number of benzene rings is 2. The number of thioether (sulfide) groups is 1. The fourth-order valence-corrected chi connectivity index (χ4v) is 2.66. The lowest BCUT2D eigenvalue weighted by Gasteiger charge is -2.07. The quantitative estimate of drug-likeness (QED) is 0.780. The third kappa shape index (κ3) is 4.60. The molecule has 2 aromatic carbocycles. The molecule has 100 valence electrons. The molecule has 2 rings (SSSR count). The molecular formula is C16H18FNS. The van der Waals surface area contributed by atoms with Crippen LogP contribution in [0.1, 0.15) is 11.1 Å². The summed E-state index contributed by atoms with van der Waals surface area (Å²) in [6.07, 6.45) is 0. The Hall–Kier alpha value is -1.48. The molecule has 2 aromatic rings. The minimum atomic E-state index is -0.189. The summed E-state index contributed by atoms with van der Waals surface area (Å²) in [4.78, 5) is 0. The van der Waals surface area contributed by atoms with E-state index in [-0.39, 0.29) is 5.82 Å². The van der Waals surface area contributed by atoms with Gasteiger partial charge < -0.3 is 5.32 Å². The van der Waals surface area contributed by atoms with Crippen LogP contribution in [0.2, 0.25) is 0 Å². The lowest BCUT2D eigenvalue weighted by Crippen LogP contribution is -2.05. The third-order valence-electron chi connectivity index (χ3n) is 2.79. The van der Waals surface area contributed by atoms with E-state index in [0.29, 0.717) is 5.69 Å². The van der Waals surface area contributed by atoms with Crippen molar-refractivity contribution >= 4 is 17.4 Å². The van der Waals surface area contributed by atoms with Gasteiger partial charge in [0.15, 0.2) is 0 Å². The van der Waals surface area contributed by atoms with Gasteiger partial charge >= 0.3 is 0 Å². The molecule has 0 aliphatic carbocycles. The molecule has 0 bridgehead atoms. The maximum atomic E-state index is 13.3. The van der Waals surface area contributed by atoms with E-state index in [1.807, 2.05) is 17.8 Å². The number of nitrogens with one attached hydrogen (secondary N) is 1. The Kier molecular flexibility index (Phi) is 5.28. The van der Waals surface area contributed by atoms with Crippen molar-refractivity contribution in [3.8, 4) is 0 Å². The topological polar surface area (TPSA) is 12.0 Å². The molecule has 0 heterocycles. The normalized spacial score (nSPS) is 10.4. The minimum absolute atomic E-state index is 0.189. The number of rotatable bonds is 6. The summed E-state index contributed by atoms with van der Waals surface area (Å²) in [7, 11) is 0. The summed E-state index contributed by atoms with van der Waals surface area (Å²) >= 11 is 1.86. The van der Waals surface area contributed by atoms with Crippen molar-refractivity contribution in [2.75, 3.05) is 17.6 Å². The van der Waals surface area contributed by atoms with Crippen molar-refractivity contribution in [3.63, 3.8) is 0 Å². The molecule has 19 heavy (non-hydrogen) atoms. The lowest BCUT2D eigenvalue weighted by atomic mass is 10.2. The number of hydrogen-bond acceptors (Lipinski definition) is 2. The molecule has 0 saturated carbocycles. The molecule has 0 spiro atoms. The van der Waals surface area contributed by atoms with Crippen LogP contribution < -0.4 is 5.32 Å². The number of halogens is 1. The Morgan fingerprint density at radius 1 is 1.11 bits per heavy atom. The summed E-state index contributed by atoms with van der Waals surface area (Å²) in [5.41, 5.74) is 3.22. The first kappa shape index (κ1) is 13.9. The van der Waals surface area contributed by atoms with Crippen LogP contribution in [0.15, 0.2) is 48.5 Å². The van der Waals surface area contributed by atoms with E-state index in [1.54, 1.807) is 12.1 Å². The fraction of sp³-hybridized carbons (Fsp3) is 0.250. The number of para-hydroxylation sites is 1. The average molecular weight is 275 g/mol. The van der Waals surface area contributed by atoms with E-state index in [1.165, 1.54) is 17.2 Å². The Balaban J connectivity index is 1.69. The molecule has 0 unspecified atom stereocenters. The van der Waals surface area contributed by atoms with Crippen LogP contribution in [0.25, 0.3) is 0 Å². The van der Waals surface area contributed by atoms with Gasteiger partial charge in [-0.05, 0) is 24.6 Å². The first-order valence-electron chi connectivity index (χ1n) is 6.37. The summed E-state index contributed by atoms with van der Waals surface area (Å²) in [5, 5.41) is 3.11. The summed E-state index contributed by atoms with van der Waals surface area (Å²) < 4.78 is 13.3. The molecule has 0 atom stereocenters. The lowest BCUT2D eigenvalue weighted by molar-refractivity contribution is 0.630. The Morgan fingerprint density at radius 3 is 2.74 bits per heavy atom. The van der Waals surface area contributed by atoms with Gasteiger partial charge in [-0.2, -0.15) is 11.8 Å². The van der Waals surface area contributed by atoms with Crippen molar-refractivity contribution in [1.29, 1.82) is 0 Å². The zero-order valence-electron chi connectivity index (χ0n) is 11.0. The highest BCUT2D eigenvalue weighted by Gasteiger charge is 1.99. The maximum Gasteiger partial charge on any atom is 0.146 e. The molecule has 0 aliphatic heterocycles. The predicted octanol–water partition coefficient (Wildman–Crippen LogP) is 4.48. The largest absolute Gasteiger partial charge is 0.382 e. The monoisotopic (exact) mass is 275 g/mol. The number of aryl methyl sites for hydroxylation is 1. The maximum absolute atomic E-state index is 13.3.